The van der Waals surface area contributed by atoms with Gasteiger partial charge in [-0.05, 0) is 29.5 Å². The molecule has 1 aliphatic rings. The minimum absolute atomic E-state index is 0.154. The SMILES string of the molecule is O=C([C@@H]1CC[C@@H](NOCc2ccccc2)CN1)N(Cc1ccccc1)Cc1ccccc1. The number of piperidine rings is 1. The lowest BCUT2D eigenvalue weighted by atomic mass is 9.99. The second-order valence-electron chi connectivity index (χ2n) is 8.29. The maximum Gasteiger partial charge on any atom is 0.240 e. The first-order valence-electron chi connectivity index (χ1n) is 11.3. The van der Waals surface area contributed by atoms with E-state index >= 15 is 0 Å². The van der Waals surface area contributed by atoms with Crippen molar-refractivity contribution in [3.63, 3.8) is 0 Å². The van der Waals surface area contributed by atoms with Gasteiger partial charge in [-0.1, -0.05) is 91.0 Å². The van der Waals surface area contributed by atoms with E-state index in [-0.39, 0.29) is 18.0 Å². The topological polar surface area (TPSA) is 53.6 Å². The van der Waals surface area contributed by atoms with Gasteiger partial charge in [0.05, 0.1) is 12.6 Å². The quantitative estimate of drug-likeness (QED) is 0.504. The van der Waals surface area contributed by atoms with E-state index in [2.05, 4.69) is 35.1 Å². The zero-order valence-corrected chi connectivity index (χ0v) is 18.3. The van der Waals surface area contributed by atoms with Gasteiger partial charge in [0.15, 0.2) is 0 Å². The second-order valence-corrected chi connectivity index (χ2v) is 8.29. The monoisotopic (exact) mass is 429 g/mol. The molecule has 2 N–H and O–H groups in total. The lowest BCUT2D eigenvalue weighted by Crippen LogP contribution is -2.54. The molecular weight excluding hydrogens is 398 g/mol. The van der Waals surface area contributed by atoms with Crippen molar-refractivity contribution >= 4 is 5.91 Å². The normalized spacial score (nSPS) is 18.2. The minimum Gasteiger partial charge on any atom is -0.333 e. The average Bonchev–Trinajstić information content (AvgIpc) is 2.86. The molecule has 5 nitrogen and oxygen atoms in total. The molecule has 2 atom stereocenters. The summed E-state index contributed by atoms with van der Waals surface area (Å²) in [4.78, 5) is 21.1. The van der Waals surface area contributed by atoms with Crippen LogP contribution in [0.15, 0.2) is 91.0 Å². The van der Waals surface area contributed by atoms with Crippen LogP contribution in [0.3, 0.4) is 0 Å². The summed E-state index contributed by atoms with van der Waals surface area (Å²) in [5.74, 6) is 0.154. The Morgan fingerprint density at radius 3 is 1.84 bits per heavy atom. The number of benzene rings is 3. The van der Waals surface area contributed by atoms with Crippen LogP contribution in [0, 0.1) is 0 Å². The van der Waals surface area contributed by atoms with Crippen LogP contribution in [0.1, 0.15) is 29.5 Å². The summed E-state index contributed by atoms with van der Waals surface area (Å²) >= 11 is 0. The summed E-state index contributed by atoms with van der Waals surface area (Å²) < 4.78 is 0. The largest absolute Gasteiger partial charge is 0.333 e. The number of rotatable bonds is 9. The van der Waals surface area contributed by atoms with Crippen molar-refractivity contribution in [1.29, 1.82) is 0 Å². The van der Waals surface area contributed by atoms with Crippen molar-refractivity contribution in [2.45, 2.75) is 44.6 Å². The van der Waals surface area contributed by atoms with Crippen LogP contribution in [0.25, 0.3) is 0 Å². The molecule has 32 heavy (non-hydrogen) atoms. The molecule has 3 aromatic carbocycles. The first-order chi connectivity index (χ1) is 15.8. The van der Waals surface area contributed by atoms with Crippen molar-refractivity contribution in [2.75, 3.05) is 6.54 Å². The van der Waals surface area contributed by atoms with E-state index in [1.54, 1.807) is 0 Å². The number of nitrogens with zero attached hydrogens (tertiary/aromatic N) is 1. The minimum atomic E-state index is -0.172. The molecule has 166 valence electrons. The van der Waals surface area contributed by atoms with Gasteiger partial charge in [0, 0.05) is 25.7 Å². The number of hydroxylamine groups is 1. The summed E-state index contributed by atoms with van der Waals surface area (Å²) in [5, 5.41) is 3.44. The summed E-state index contributed by atoms with van der Waals surface area (Å²) in [5.41, 5.74) is 6.57. The van der Waals surface area contributed by atoms with Gasteiger partial charge in [-0.15, -0.1) is 0 Å². The van der Waals surface area contributed by atoms with Gasteiger partial charge in [-0.2, -0.15) is 5.48 Å². The molecule has 1 amide bonds. The standard InChI is InChI=1S/C27H31N3O2/c31-27(26-17-16-25(18-28-26)29-32-21-24-14-8-3-9-15-24)30(19-22-10-4-1-5-11-22)20-23-12-6-2-7-13-23/h1-15,25-26,28-29H,16-21H2/t25-,26+/m1/s1. The van der Waals surface area contributed by atoms with Gasteiger partial charge in [0.25, 0.3) is 0 Å². The van der Waals surface area contributed by atoms with Crippen LogP contribution in [0.2, 0.25) is 0 Å². The van der Waals surface area contributed by atoms with Gasteiger partial charge < -0.3 is 10.2 Å². The molecule has 1 saturated heterocycles. The van der Waals surface area contributed by atoms with Gasteiger partial charge in [0.2, 0.25) is 5.91 Å². The van der Waals surface area contributed by atoms with E-state index in [0.717, 1.165) is 29.5 Å². The highest BCUT2D eigenvalue weighted by Crippen LogP contribution is 2.16. The third-order valence-corrected chi connectivity index (χ3v) is 5.79. The Balaban J connectivity index is 1.31. The van der Waals surface area contributed by atoms with Crippen molar-refractivity contribution in [2.24, 2.45) is 0 Å². The molecule has 1 heterocycles. The fourth-order valence-electron chi connectivity index (χ4n) is 4.02. The molecule has 1 fully saturated rings. The molecule has 3 aromatic rings. The first-order valence-corrected chi connectivity index (χ1v) is 11.3. The molecule has 0 spiro atoms. The lowest BCUT2D eigenvalue weighted by Gasteiger charge is -2.33. The summed E-state index contributed by atoms with van der Waals surface area (Å²) in [6, 6.07) is 30.5. The Hall–Kier alpha value is -2.99. The third-order valence-electron chi connectivity index (χ3n) is 5.79. The Bertz CT molecular complexity index is 901. The zero-order chi connectivity index (χ0) is 22.0. The van der Waals surface area contributed by atoms with E-state index in [4.69, 9.17) is 4.84 Å². The van der Waals surface area contributed by atoms with Crippen LogP contribution in [0.5, 0.6) is 0 Å². The Morgan fingerprint density at radius 2 is 1.34 bits per heavy atom. The maximum atomic E-state index is 13.4. The number of nitrogens with one attached hydrogen (secondary N) is 2. The highest BCUT2D eigenvalue weighted by molar-refractivity contribution is 5.82. The predicted molar refractivity (Wildman–Crippen MR) is 126 cm³/mol. The fourth-order valence-corrected chi connectivity index (χ4v) is 4.02. The number of hydrogen-bond donors (Lipinski definition) is 2. The smallest absolute Gasteiger partial charge is 0.240 e. The summed E-state index contributed by atoms with van der Waals surface area (Å²) in [6.45, 7) is 2.45. The molecule has 0 aromatic heterocycles. The van der Waals surface area contributed by atoms with Gasteiger partial charge >= 0.3 is 0 Å². The van der Waals surface area contributed by atoms with E-state index in [9.17, 15) is 4.79 Å². The van der Waals surface area contributed by atoms with Crippen molar-refractivity contribution in [3.8, 4) is 0 Å². The lowest BCUT2D eigenvalue weighted by molar-refractivity contribution is -0.135. The second kappa shape index (κ2) is 11.6. The Morgan fingerprint density at radius 1 is 0.812 bits per heavy atom. The Labute approximate surface area is 190 Å². The number of carbonyl (C=O) groups is 1. The molecule has 0 unspecified atom stereocenters. The van der Waals surface area contributed by atoms with E-state index in [1.165, 1.54) is 0 Å². The fraction of sp³-hybridized carbons (Fsp3) is 0.296. The molecule has 0 aliphatic carbocycles. The zero-order valence-electron chi connectivity index (χ0n) is 18.3. The molecular formula is C27H31N3O2. The van der Waals surface area contributed by atoms with Crippen molar-refractivity contribution < 1.29 is 9.63 Å². The predicted octanol–water partition coefficient (Wildman–Crippen LogP) is 4.06. The molecule has 1 aliphatic heterocycles. The highest BCUT2D eigenvalue weighted by atomic mass is 16.6. The van der Waals surface area contributed by atoms with E-state index in [1.807, 2.05) is 71.6 Å². The molecule has 0 bridgehead atoms. The van der Waals surface area contributed by atoms with Crippen LogP contribution < -0.4 is 10.8 Å². The van der Waals surface area contributed by atoms with Crippen LogP contribution >= 0.6 is 0 Å². The van der Waals surface area contributed by atoms with Crippen molar-refractivity contribution in [3.05, 3.63) is 108 Å². The van der Waals surface area contributed by atoms with E-state index in [0.29, 0.717) is 26.2 Å². The molecule has 0 radical (unpaired) electrons. The summed E-state index contributed by atoms with van der Waals surface area (Å²) in [7, 11) is 0. The summed E-state index contributed by atoms with van der Waals surface area (Å²) in [6.07, 6.45) is 1.67. The van der Waals surface area contributed by atoms with Crippen molar-refractivity contribution in [1.82, 2.24) is 15.7 Å². The average molecular weight is 430 g/mol. The van der Waals surface area contributed by atoms with Gasteiger partial charge in [-0.3, -0.25) is 9.63 Å². The van der Waals surface area contributed by atoms with Crippen LogP contribution in [-0.4, -0.2) is 29.4 Å². The molecule has 5 heteroatoms. The highest BCUT2D eigenvalue weighted by Gasteiger charge is 2.29. The van der Waals surface area contributed by atoms with Gasteiger partial charge in [0.1, 0.15) is 0 Å². The molecule has 0 saturated carbocycles. The van der Waals surface area contributed by atoms with Crippen LogP contribution in [0.4, 0.5) is 0 Å². The van der Waals surface area contributed by atoms with E-state index < -0.39 is 0 Å². The first kappa shape index (κ1) is 22.2. The third kappa shape index (κ3) is 6.50. The Kier molecular flexibility index (Phi) is 8.04. The van der Waals surface area contributed by atoms with Crippen LogP contribution in [-0.2, 0) is 29.3 Å². The maximum absolute atomic E-state index is 13.4. The number of carbonyl (C=O) groups excluding carboxylic acids is 1. The van der Waals surface area contributed by atoms with Gasteiger partial charge in [-0.25, -0.2) is 0 Å². The molecule has 4 rings (SSSR count). The number of hydrogen-bond acceptors (Lipinski definition) is 4. The number of amides is 1.